The Morgan fingerprint density at radius 2 is 1.31 bits per heavy atom. The first-order chi connectivity index (χ1) is 14.2. The van der Waals surface area contributed by atoms with E-state index in [1.54, 1.807) is 5.56 Å². The van der Waals surface area contributed by atoms with Gasteiger partial charge < -0.3 is 0 Å². The van der Waals surface area contributed by atoms with E-state index in [0.717, 1.165) is 0 Å². The van der Waals surface area contributed by atoms with Crippen LogP contribution in [0.4, 0.5) is 0 Å². The normalized spacial score (nSPS) is 23.1. The molecule has 1 saturated carbocycles. The van der Waals surface area contributed by atoms with Crippen LogP contribution >= 0.6 is 31.9 Å². The minimum absolute atomic E-state index is 0.0938. The molecule has 0 heterocycles. The molecule has 6 rings (SSSR count). The van der Waals surface area contributed by atoms with Gasteiger partial charge in [-0.05, 0) is 82.3 Å². The van der Waals surface area contributed by atoms with Gasteiger partial charge in [0.1, 0.15) is 0 Å². The zero-order valence-corrected chi connectivity index (χ0v) is 19.3. The molecule has 3 aliphatic carbocycles. The summed E-state index contributed by atoms with van der Waals surface area (Å²) >= 11 is 7.59. The molecule has 0 saturated heterocycles. The lowest BCUT2D eigenvalue weighted by Gasteiger charge is -2.42. The van der Waals surface area contributed by atoms with Crippen LogP contribution in [0.25, 0.3) is 12.2 Å². The first kappa shape index (κ1) is 18.2. The van der Waals surface area contributed by atoms with Crippen molar-refractivity contribution in [3.05, 3.63) is 103 Å². The Morgan fingerprint density at radius 3 is 2.00 bits per heavy atom. The molecule has 1 unspecified atom stereocenters. The van der Waals surface area contributed by atoms with Crippen molar-refractivity contribution in [1.29, 1.82) is 0 Å². The van der Waals surface area contributed by atoms with Gasteiger partial charge in [-0.1, -0.05) is 93.3 Å². The summed E-state index contributed by atoms with van der Waals surface area (Å²) in [4.78, 5) is 0. The van der Waals surface area contributed by atoms with Crippen molar-refractivity contribution in [2.45, 2.75) is 37.0 Å². The average Bonchev–Trinajstić information content (AvgIpc) is 2.96. The van der Waals surface area contributed by atoms with Crippen LogP contribution in [0.3, 0.4) is 0 Å². The molecule has 3 aromatic rings. The van der Waals surface area contributed by atoms with E-state index in [1.165, 1.54) is 62.4 Å². The van der Waals surface area contributed by atoms with Gasteiger partial charge in [0, 0.05) is 8.95 Å². The standard InChI is InChI=1S/C27H22Br2/c28-19-13-11-17-9-10-18-12-14-20(29)16-26(18)27(25(17)15-19)23-7-3-1-5-21(23)22-6-2-4-8-24(22)27/h1,3,5,7,9-16,22,24H,2,4,6,8H2/t22-,24?/m1/s1. The lowest BCUT2D eigenvalue weighted by Crippen LogP contribution is -2.38. The number of rotatable bonds is 0. The van der Waals surface area contributed by atoms with Crippen LogP contribution in [0.2, 0.25) is 0 Å². The zero-order valence-electron chi connectivity index (χ0n) is 16.2. The predicted octanol–water partition coefficient (Wildman–Crippen LogP) is 8.32. The number of fused-ring (bicyclic) bond motifs is 9. The van der Waals surface area contributed by atoms with E-state index in [0.29, 0.717) is 11.8 Å². The topological polar surface area (TPSA) is 0 Å². The monoisotopic (exact) mass is 504 g/mol. The number of hydrogen-bond acceptors (Lipinski definition) is 0. The lowest BCUT2D eigenvalue weighted by molar-refractivity contribution is 0.262. The second kappa shape index (κ2) is 6.68. The number of hydrogen-bond donors (Lipinski definition) is 0. The van der Waals surface area contributed by atoms with E-state index in [-0.39, 0.29) is 5.41 Å². The molecule has 0 aliphatic heterocycles. The summed E-state index contributed by atoms with van der Waals surface area (Å²) in [7, 11) is 0. The van der Waals surface area contributed by atoms with E-state index in [4.69, 9.17) is 0 Å². The van der Waals surface area contributed by atoms with Gasteiger partial charge in [-0.3, -0.25) is 0 Å². The van der Waals surface area contributed by atoms with Crippen molar-refractivity contribution in [2.24, 2.45) is 5.92 Å². The van der Waals surface area contributed by atoms with Gasteiger partial charge >= 0.3 is 0 Å². The van der Waals surface area contributed by atoms with Gasteiger partial charge in [-0.25, -0.2) is 0 Å². The molecule has 0 N–H and O–H groups in total. The Morgan fingerprint density at radius 1 is 0.690 bits per heavy atom. The first-order valence-corrected chi connectivity index (χ1v) is 12.2. The first-order valence-electron chi connectivity index (χ1n) is 10.6. The van der Waals surface area contributed by atoms with Gasteiger partial charge in [0.05, 0.1) is 5.41 Å². The molecule has 3 aromatic carbocycles. The summed E-state index contributed by atoms with van der Waals surface area (Å²) in [5.74, 6) is 1.26. The Kier molecular flexibility index (Phi) is 4.18. The third-order valence-electron chi connectivity index (χ3n) is 7.43. The third-order valence-corrected chi connectivity index (χ3v) is 8.42. The fraction of sp³-hybridized carbons (Fsp3) is 0.259. The molecular formula is C27H22Br2. The van der Waals surface area contributed by atoms with Crippen LogP contribution in [-0.2, 0) is 5.41 Å². The lowest BCUT2D eigenvalue weighted by atomic mass is 9.60. The summed E-state index contributed by atoms with van der Waals surface area (Å²) in [6.45, 7) is 0. The Labute approximate surface area is 189 Å². The van der Waals surface area contributed by atoms with Crippen LogP contribution in [0, 0.1) is 5.92 Å². The van der Waals surface area contributed by atoms with E-state index in [1.807, 2.05) is 0 Å². The van der Waals surface area contributed by atoms with Gasteiger partial charge in [0.25, 0.3) is 0 Å². The molecule has 144 valence electrons. The highest BCUT2D eigenvalue weighted by atomic mass is 79.9. The Bertz CT molecular complexity index is 1100. The van der Waals surface area contributed by atoms with Crippen LogP contribution in [0.5, 0.6) is 0 Å². The second-order valence-electron chi connectivity index (χ2n) is 8.69. The molecule has 29 heavy (non-hydrogen) atoms. The summed E-state index contributed by atoms with van der Waals surface area (Å²) in [5, 5.41) is 0. The van der Waals surface area contributed by atoms with Crippen molar-refractivity contribution >= 4 is 44.0 Å². The molecule has 2 heteroatoms. The van der Waals surface area contributed by atoms with Crippen molar-refractivity contribution in [3.63, 3.8) is 0 Å². The number of halogens is 2. The molecule has 1 fully saturated rings. The molecule has 2 atom stereocenters. The average molecular weight is 506 g/mol. The maximum atomic E-state index is 3.80. The molecule has 0 aromatic heterocycles. The van der Waals surface area contributed by atoms with Crippen LogP contribution < -0.4 is 0 Å². The Hall–Kier alpha value is -1.64. The summed E-state index contributed by atoms with van der Waals surface area (Å²) in [5.41, 5.74) is 8.63. The van der Waals surface area contributed by atoms with Crippen LogP contribution in [0.15, 0.2) is 69.6 Å². The van der Waals surface area contributed by atoms with Gasteiger partial charge in [0.2, 0.25) is 0 Å². The van der Waals surface area contributed by atoms with Crippen molar-refractivity contribution in [3.8, 4) is 0 Å². The fourth-order valence-electron chi connectivity index (χ4n) is 6.45. The van der Waals surface area contributed by atoms with E-state index in [2.05, 4.69) is 105 Å². The maximum absolute atomic E-state index is 3.80. The van der Waals surface area contributed by atoms with E-state index >= 15 is 0 Å². The smallest absolute Gasteiger partial charge is 0.0500 e. The van der Waals surface area contributed by atoms with Gasteiger partial charge in [-0.15, -0.1) is 0 Å². The molecule has 0 bridgehead atoms. The van der Waals surface area contributed by atoms with Crippen LogP contribution in [0.1, 0.15) is 65.0 Å². The fourth-order valence-corrected chi connectivity index (χ4v) is 7.17. The van der Waals surface area contributed by atoms with E-state index in [9.17, 15) is 0 Å². The number of benzene rings is 3. The quantitative estimate of drug-likeness (QED) is 0.288. The molecule has 3 aliphatic rings. The molecular weight excluding hydrogens is 484 g/mol. The van der Waals surface area contributed by atoms with Crippen molar-refractivity contribution in [1.82, 2.24) is 0 Å². The van der Waals surface area contributed by atoms with Gasteiger partial charge in [-0.2, -0.15) is 0 Å². The van der Waals surface area contributed by atoms with Gasteiger partial charge in [0.15, 0.2) is 0 Å². The molecule has 0 radical (unpaired) electrons. The summed E-state index contributed by atoms with van der Waals surface area (Å²) in [6, 6.07) is 23.0. The highest BCUT2D eigenvalue weighted by molar-refractivity contribution is 9.10. The predicted molar refractivity (Wildman–Crippen MR) is 128 cm³/mol. The molecule has 0 amide bonds. The maximum Gasteiger partial charge on any atom is 0.0500 e. The molecule has 1 spiro atoms. The summed E-state index contributed by atoms with van der Waals surface area (Å²) < 4.78 is 2.33. The van der Waals surface area contributed by atoms with E-state index < -0.39 is 0 Å². The zero-order chi connectivity index (χ0) is 19.6. The highest BCUT2D eigenvalue weighted by Gasteiger charge is 2.55. The largest absolute Gasteiger partial charge is 0.0620 e. The molecule has 0 nitrogen and oxygen atoms in total. The third kappa shape index (κ3) is 2.48. The van der Waals surface area contributed by atoms with Crippen molar-refractivity contribution < 1.29 is 0 Å². The highest BCUT2D eigenvalue weighted by Crippen LogP contribution is 2.63. The van der Waals surface area contributed by atoms with Crippen LogP contribution in [-0.4, -0.2) is 0 Å². The SMILES string of the molecule is Brc1ccc2c(c1)C1(c3cc(Br)ccc3C=C2)c2ccccc2[C@H]2CCCCC21. The summed E-state index contributed by atoms with van der Waals surface area (Å²) in [6.07, 6.45) is 9.92. The van der Waals surface area contributed by atoms with Crippen molar-refractivity contribution in [2.75, 3.05) is 0 Å². The second-order valence-corrected chi connectivity index (χ2v) is 10.5. The minimum Gasteiger partial charge on any atom is -0.0620 e. The minimum atomic E-state index is -0.0938. The Balaban J connectivity index is 1.80.